The second-order valence-electron chi connectivity index (χ2n) is 12.6. The average Bonchev–Trinajstić information content (AvgIpc) is 2.89. The first kappa shape index (κ1) is 30.2. The molecule has 0 bridgehead atoms. The van der Waals surface area contributed by atoms with E-state index < -0.39 is 0 Å². The fourth-order valence-electron chi connectivity index (χ4n) is 6.16. The van der Waals surface area contributed by atoms with Crippen LogP contribution >= 0.6 is 0 Å². The van der Waals surface area contributed by atoms with Crippen molar-refractivity contribution in [1.29, 1.82) is 0 Å². The minimum absolute atomic E-state index is 0.0795. The Kier molecular flexibility index (Phi) is 11.1. The van der Waals surface area contributed by atoms with Crippen molar-refractivity contribution >= 4 is 0 Å². The first-order valence-electron chi connectivity index (χ1n) is 14.6. The quantitative estimate of drug-likeness (QED) is 0.359. The Morgan fingerprint density at radius 3 is 1.65 bits per heavy atom. The van der Waals surface area contributed by atoms with Crippen LogP contribution in [0.1, 0.15) is 91.2 Å². The van der Waals surface area contributed by atoms with E-state index in [2.05, 4.69) is 57.4 Å². The van der Waals surface area contributed by atoms with Gasteiger partial charge in [0.15, 0.2) is 0 Å². The first-order valence-corrected chi connectivity index (χ1v) is 14.6. The Labute approximate surface area is 226 Å². The lowest BCUT2D eigenvalue weighted by Gasteiger charge is -2.34. The van der Waals surface area contributed by atoms with E-state index in [9.17, 15) is 5.11 Å². The maximum atomic E-state index is 11.2. The molecule has 2 fully saturated rings. The molecule has 6 heteroatoms. The van der Waals surface area contributed by atoms with Crippen LogP contribution in [0.3, 0.4) is 0 Å². The van der Waals surface area contributed by atoms with E-state index in [1.165, 1.54) is 6.42 Å². The lowest BCUT2D eigenvalue weighted by molar-refractivity contribution is 0.0179. The fraction of sp³-hybridized carbons (Fsp3) is 0.806. The molecule has 0 amide bonds. The molecule has 6 nitrogen and oxygen atoms in total. The number of benzene rings is 1. The molecule has 0 spiro atoms. The van der Waals surface area contributed by atoms with Crippen molar-refractivity contribution in [2.45, 2.75) is 103 Å². The number of methoxy groups -OCH3 is 1. The third-order valence-corrected chi connectivity index (χ3v) is 8.96. The van der Waals surface area contributed by atoms with Gasteiger partial charge in [0.05, 0.1) is 33.5 Å². The zero-order valence-electron chi connectivity index (χ0n) is 24.8. The predicted octanol–water partition coefficient (Wildman–Crippen LogP) is 5.74. The molecule has 1 aromatic rings. The number of nitrogens with zero attached hydrogens (tertiary/aromatic N) is 2. The van der Waals surface area contributed by atoms with E-state index in [1.807, 2.05) is 6.07 Å². The smallest absolute Gasteiger partial charge is 0.123 e. The summed E-state index contributed by atoms with van der Waals surface area (Å²) in [6.45, 7) is 21.3. The van der Waals surface area contributed by atoms with Gasteiger partial charge in [-0.2, -0.15) is 0 Å². The number of rotatable bonds is 13. The largest absolute Gasteiger partial charge is 0.508 e. The van der Waals surface area contributed by atoms with Gasteiger partial charge in [-0.15, -0.1) is 0 Å². The standard InChI is InChI=1S/C31H54N2O4/c1-24(32-14-18-36-19-15-32)10-8-12-30(3,4)26-23-29(35-7)27(22-28(26)34)31(5,6)13-9-11-25(2)33-16-20-37-21-17-33/h22-25,34H,8-21H2,1-7H3. The van der Waals surface area contributed by atoms with Crippen LogP contribution in [0.5, 0.6) is 11.5 Å². The highest BCUT2D eigenvalue weighted by Crippen LogP contribution is 2.44. The lowest BCUT2D eigenvalue weighted by atomic mass is 9.75. The lowest BCUT2D eigenvalue weighted by Crippen LogP contribution is -2.42. The number of aromatic hydroxyl groups is 1. The molecule has 2 saturated heterocycles. The molecule has 2 unspecified atom stereocenters. The summed E-state index contributed by atoms with van der Waals surface area (Å²) >= 11 is 0. The maximum Gasteiger partial charge on any atom is 0.123 e. The summed E-state index contributed by atoms with van der Waals surface area (Å²) in [5.74, 6) is 1.30. The molecular formula is C31H54N2O4. The predicted molar refractivity (Wildman–Crippen MR) is 152 cm³/mol. The highest BCUT2D eigenvalue weighted by Gasteiger charge is 2.31. The number of hydrogen-bond acceptors (Lipinski definition) is 6. The third-order valence-electron chi connectivity index (χ3n) is 8.96. The van der Waals surface area contributed by atoms with Crippen molar-refractivity contribution in [3.63, 3.8) is 0 Å². The van der Waals surface area contributed by atoms with Gasteiger partial charge < -0.3 is 19.3 Å². The van der Waals surface area contributed by atoms with Gasteiger partial charge in [-0.25, -0.2) is 0 Å². The molecule has 2 aliphatic rings. The van der Waals surface area contributed by atoms with Crippen molar-refractivity contribution in [3.05, 3.63) is 23.3 Å². The number of phenols is 1. The van der Waals surface area contributed by atoms with Crippen LogP contribution in [0.15, 0.2) is 12.1 Å². The van der Waals surface area contributed by atoms with E-state index in [0.717, 1.165) is 102 Å². The second kappa shape index (κ2) is 13.6. The van der Waals surface area contributed by atoms with Gasteiger partial charge in [0.1, 0.15) is 11.5 Å². The number of morpholine rings is 2. The summed E-state index contributed by atoms with van der Waals surface area (Å²) in [5.41, 5.74) is 1.89. The highest BCUT2D eigenvalue weighted by atomic mass is 16.5. The second-order valence-corrected chi connectivity index (χ2v) is 12.6. The SMILES string of the molecule is COc1cc(C(C)(C)CCCC(C)N2CCOCC2)c(O)cc1C(C)(C)CCCC(C)N1CCOCC1. The molecule has 2 heterocycles. The molecule has 2 atom stereocenters. The summed E-state index contributed by atoms with van der Waals surface area (Å²) < 4.78 is 16.9. The van der Waals surface area contributed by atoms with Gasteiger partial charge in [-0.1, -0.05) is 40.5 Å². The summed E-state index contributed by atoms with van der Waals surface area (Å²) in [5, 5.41) is 11.2. The molecule has 212 valence electrons. The highest BCUT2D eigenvalue weighted by molar-refractivity contribution is 5.51. The minimum Gasteiger partial charge on any atom is -0.508 e. The van der Waals surface area contributed by atoms with Gasteiger partial charge >= 0.3 is 0 Å². The van der Waals surface area contributed by atoms with Crippen LogP contribution in [0.25, 0.3) is 0 Å². The van der Waals surface area contributed by atoms with Crippen LogP contribution in [0.2, 0.25) is 0 Å². The van der Waals surface area contributed by atoms with Gasteiger partial charge in [0.25, 0.3) is 0 Å². The monoisotopic (exact) mass is 518 g/mol. The first-order chi connectivity index (χ1) is 17.5. The maximum absolute atomic E-state index is 11.2. The van der Waals surface area contributed by atoms with Crippen LogP contribution in [-0.4, -0.2) is 86.7 Å². The van der Waals surface area contributed by atoms with Crippen LogP contribution in [0.4, 0.5) is 0 Å². The summed E-state index contributed by atoms with van der Waals surface area (Å²) in [6, 6.07) is 5.23. The van der Waals surface area contributed by atoms with Crippen molar-refractivity contribution in [2.24, 2.45) is 0 Å². The average molecular weight is 519 g/mol. The molecule has 0 saturated carbocycles. The Hall–Kier alpha value is -1.34. The Balaban J connectivity index is 1.60. The normalized spacial score (nSPS) is 20.1. The summed E-state index contributed by atoms with van der Waals surface area (Å²) in [7, 11) is 1.76. The zero-order chi connectivity index (χ0) is 27.1. The van der Waals surface area contributed by atoms with E-state index >= 15 is 0 Å². The minimum atomic E-state index is -0.127. The molecule has 37 heavy (non-hydrogen) atoms. The van der Waals surface area contributed by atoms with Gasteiger partial charge in [-0.3, -0.25) is 9.80 Å². The van der Waals surface area contributed by atoms with Crippen LogP contribution in [0, 0.1) is 0 Å². The van der Waals surface area contributed by atoms with Crippen molar-refractivity contribution in [3.8, 4) is 11.5 Å². The van der Waals surface area contributed by atoms with Gasteiger partial charge in [-0.05, 0) is 62.5 Å². The molecule has 0 aliphatic carbocycles. The van der Waals surface area contributed by atoms with Crippen molar-refractivity contribution < 1.29 is 19.3 Å². The Morgan fingerprint density at radius 2 is 1.22 bits per heavy atom. The molecule has 1 aromatic carbocycles. The van der Waals surface area contributed by atoms with Crippen molar-refractivity contribution in [1.82, 2.24) is 9.80 Å². The molecule has 1 N–H and O–H groups in total. The molecule has 3 rings (SSSR count). The molecule has 2 aliphatic heterocycles. The molecule has 0 aromatic heterocycles. The van der Waals surface area contributed by atoms with E-state index in [0.29, 0.717) is 17.8 Å². The summed E-state index contributed by atoms with van der Waals surface area (Å²) in [4.78, 5) is 5.08. The Bertz CT molecular complexity index is 829. The van der Waals surface area contributed by atoms with Gasteiger partial charge in [0, 0.05) is 49.4 Å². The number of ether oxygens (including phenoxy) is 3. The fourth-order valence-corrected chi connectivity index (χ4v) is 6.16. The third kappa shape index (κ3) is 8.32. The molecular weight excluding hydrogens is 464 g/mol. The van der Waals surface area contributed by atoms with Crippen LogP contribution in [-0.2, 0) is 20.3 Å². The Morgan fingerprint density at radius 1 is 0.784 bits per heavy atom. The van der Waals surface area contributed by atoms with Crippen molar-refractivity contribution in [2.75, 3.05) is 59.7 Å². The van der Waals surface area contributed by atoms with Gasteiger partial charge in [0.2, 0.25) is 0 Å². The molecule has 0 radical (unpaired) electrons. The number of hydrogen-bond donors (Lipinski definition) is 1. The topological polar surface area (TPSA) is 54.4 Å². The van der Waals surface area contributed by atoms with Crippen LogP contribution < -0.4 is 4.74 Å². The zero-order valence-corrected chi connectivity index (χ0v) is 24.8. The van der Waals surface area contributed by atoms with E-state index in [4.69, 9.17) is 14.2 Å². The summed E-state index contributed by atoms with van der Waals surface area (Å²) in [6.07, 6.45) is 6.69. The number of phenolic OH excluding ortho intramolecular Hbond substituents is 1. The van der Waals surface area contributed by atoms with E-state index in [-0.39, 0.29) is 10.8 Å². The van der Waals surface area contributed by atoms with E-state index in [1.54, 1.807) is 7.11 Å².